The lowest BCUT2D eigenvalue weighted by Crippen LogP contribution is -2.31. The number of carbonyl (C=O) groups excluding carboxylic acids is 1. The quantitative estimate of drug-likeness (QED) is 0.818. The highest BCUT2D eigenvalue weighted by Gasteiger charge is 2.32. The number of hydrogen-bond donors (Lipinski definition) is 0. The first-order chi connectivity index (χ1) is 11.2. The Hall–Kier alpha value is -1.89. The molecule has 2 aromatic heterocycles. The molecule has 0 bridgehead atoms. The zero-order valence-electron chi connectivity index (χ0n) is 12.4. The Morgan fingerprint density at radius 3 is 2.96 bits per heavy atom. The smallest absolute Gasteiger partial charge is 0.276 e. The van der Waals surface area contributed by atoms with Gasteiger partial charge in [-0.05, 0) is 34.8 Å². The van der Waals surface area contributed by atoms with Crippen LogP contribution in [0.5, 0.6) is 5.88 Å². The van der Waals surface area contributed by atoms with E-state index in [0.29, 0.717) is 30.6 Å². The first kappa shape index (κ1) is 14.7. The van der Waals surface area contributed by atoms with E-state index < -0.39 is 0 Å². The molecule has 1 aliphatic carbocycles. The van der Waals surface area contributed by atoms with Crippen LogP contribution in [0.25, 0.3) is 0 Å². The van der Waals surface area contributed by atoms with Gasteiger partial charge in [0.15, 0.2) is 5.69 Å². The molecule has 3 heterocycles. The van der Waals surface area contributed by atoms with Crippen LogP contribution >= 0.6 is 15.9 Å². The number of carbonyl (C=O) groups is 1. The summed E-state index contributed by atoms with van der Waals surface area (Å²) in [7, 11) is 0. The number of halogens is 1. The fraction of sp³-hybridized carbons (Fsp3) is 0.438. The van der Waals surface area contributed by atoms with E-state index in [1.54, 1.807) is 17.2 Å². The van der Waals surface area contributed by atoms with Crippen LogP contribution in [-0.4, -0.2) is 40.1 Å². The van der Waals surface area contributed by atoms with E-state index in [-0.39, 0.29) is 12.0 Å². The van der Waals surface area contributed by atoms with E-state index in [2.05, 4.69) is 26.1 Å². The Labute approximate surface area is 141 Å². The molecule has 1 aliphatic heterocycles. The van der Waals surface area contributed by atoms with Crippen LogP contribution in [0, 0.1) is 0 Å². The van der Waals surface area contributed by atoms with Gasteiger partial charge in [-0.1, -0.05) is 5.16 Å². The van der Waals surface area contributed by atoms with Gasteiger partial charge in [0, 0.05) is 41.7 Å². The van der Waals surface area contributed by atoms with Crippen molar-refractivity contribution in [2.75, 3.05) is 13.1 Å². The fourth-order valence-electron chi connectivity index (χ4n) is 2.72. The topological polar surface area (TPSA) is 68.5 Å². The van der Waals surface area contributed by atoms with Crippen LogP contribution in [0.3, 0.4) is 0 Å². The van der Waals surface area contributed by atoms with E-state index in [4.69, 9.17) is 9.26 Å². The highest BCUT2D eigenvalue weighted by molar-refractivity contribution is 9.10. The third kappa shape index (κ3) is 3.24. The van der Waals surface area contributed by atoms with Crippen molar-refractivity contribution >= 4 is 21.8 Å². The molecule has 120 valence electrons. The molecule has 2 fully saturated rings. The second kappa shape index (κ2) is 5.96. The summed E-state index contributed by atoms with van der Waals surface area (Å²) in [5.41, 5.74) is 0.398. The van der Waals surface area contributed by atoms with Gasteiger partial charge in [-0.25, -0.2) is 4.98 Å². The maximum absolute atomic E-state index is 12.5. The Bertz CT molecular complexity index is 712. The molecule has 1 atom stereocenters. The zero-order chi connectivity index (χ0) is 15.8. The molecular weight excluding hydrogens is 362 g/mol. The van der Waals surface area contributed by atoms with E-state index in [9.17, 15) is 4.79 Å². The lowest BCUT2D eigenvalue weighted by molar-refractivity contribution is 0.0761. The lowest BCUT2D eigenvalue weighted by atomic mass is 10.2. The van der Waals surface area contributed by atoms with Crippen LogP contribution in [0.15, 0.2) is 33.4 Å². The molecule has 1 saturated carbocycles. The Morgan fingerprint density at radius 2 is 2.22 bits per heavy atom. The van der Waals surface area contributed by atoms with Crippen LogP contribution < -0.4 is 4.74 Å². The number of ether oxygens (including phenoxy) is 1. The minimum absolute atomic E-state index is 0.0394. The first-order valence-corrected chi connectivity index (χ1v) is 8.52. The number of aromatic nitrogens is 2. The van der Waals surface area contributed by atoms with Crippen molar-refractivity contribution in [3.05, 3.63) is 40.3 Å². The Balaban J connectivity index is 1.37. The molecule has 4 rings (SSSR count). The van der Waals surface area contributed by atoms with Crippen molar-refractivity contribution in [2.45, 2.75) is 31.3 Å². The summed E-state index contributed by atoms with van der Waals surface area (Å²) in [6.07, 6.45) is 4.70. The number of likely N-dealkylation sites (tertiary alicyclic amines) is 1. The summed E-state index contributed by atoms with van der Waals surface area (Å²) >= 11 is 3.34. The Morgan fingerprint density at radius 1 is 1.35 bits per heavy atom. The van der Waals surface area contributed by atoms with E-state index in [0.717, 1.165) is 29.5 Å². The van der Waals surface area contributed by atoms with E-state index >= 15 is 0 Å². The van der Waals surface area contributed by atoms with Crippen LogP contribution in [0.1, 0.15) is 41.4 Å². The fourth-order valence-corrected chi connectivity index (χ4v) is 2.96. The molecule has 7 heteroatoms. The van der Waals surface area contributed by atoms with Crippen LogP contribution in [-0.2, 0) is 0 Å². The van der Waals surface area contributed by atoms with E-state index in [1.807, 2.05) is 12.1 Å². The van der Waals surface area contributed by atoms with Crippen molar-refractivity contribution in [3.63, 3.8) is 0 Å². The molecule has 0 aromatic carbocycles. The third-order valence-corrected chi connectivity index (χ3v) is 4.62. The molecule has 2 aromatic rings. The average Bonchev–Trinajstić information content (AvgIpc) is 3.11. The summed E-state index contributed by atoms with van der Waals surface area (Å²) in [5, 5.41) is 3.92. The molecule has 2 aliphatic rings. The molecule has 6 nitrogen and oxygen atoms in total. The summed E-state index contributed by atoms with van der Waals surface area (Å²) in [5.74, 6) is 1.78. The first-order valence-electron chi connectivity index (χ1n) is 7.73. The predicted molar refractivity (Wildman–Crippen MR) is 85.4 cm³/mol. The van der Waals surface area contributed by atoms with E-state index in [1.165, 1.54) is 0 Å². The van der Waals surface area contributed by atoms with Crippen molar-refractivity contribution in [2.24, 2.45) is 0 Å². The standard InChI is InChI=1S/C16H16BrN3O3/c17-11-3-4-15(18-8-11)22-12-5-6-20(9-12)16(21)13-7-14(23-19-13)10-1-2-10/h3-4,7-8,10,12H,1-2,5-6,9H2. The zero-order valence-corrected chi connectivity index (χ0v) is 14.0. The second-order valence-electron chi connectivity index (χ2n) is 5.98. The van der Waals surface area contributed by atoms with Crippen molar-refractivity contribution in [1.82, 2.24) is 15.0 Å². The number of amides is 1. The second-order valence-corrected chi connectivity index (χ2v) is 6.90. The maximum atomic E-state index is 12.5. The summed E-state index contributed by atoms with van der Waals surface area (Å²) in [6.45, 7) is 1.20. The van der Waals surface area contributed by atoms with Gasteiger partial charge in [-0.3, -0.25) is 4.79 Å². The molecule has 0 spiro atoms. The molecule has 23 heavy (non-hydrogen) atoms. The molecular formula is C16H16BrN3O3. The van der Waals surface area contributed by atoms with Gasteiger partial charge < -0.3 is 14.2 Å². The molecule has 1 amide bonds. The van der Waals surface area contributed by atoms with Gasteiger partial charge in [-0.15, -0.1) is 0 Å². The highest BCUT2D eigenvalue weighted by Crippen LogP contribution is 2.40. The number of rotatable bonds is 4. The molecule has 1 saturated heterocycles. The number of pyridine rings is 1. The molecule has 0 N–H and O–H groups in total. The van der Waals surface area contributed by atoms with Crippen molar-refractivity contribution in [1.29, 1.82) is 0 Å². The highest BCUT2D eigenvalue weighted by atomic mass is 79.9. The van der Waals surface area contributed by atoms with Gasteiger partial charge in [0.05, 0.1) is 6.54 Å². The average molecular weight is 378 g/mol. The largest absolute Gasteiger partial charge is 0.472 e. The Kier molecular flexibility index (Phi) is 3.80. The summed E-state index contributed by atoms with van der Waals surface area (Å²) < 4.78 is 12.0. The van der Waals surface area contributed by atoms with Gasteiger partial charge in [0.1, 0.15) is 11.9 Å². The monoisotopic (exact) mass is 377 g/mol. The van der Waals surface area contributed by atoms with Gasteiger partial charge in [0.2, 0.25) is 5.88 Å². The van der Waals surface area contributed by atoms with Crippen LogP contribution in [0.2, 0.25) is 0 Å². The SMILES string of the molecule is O=C(c1cc(C2CC2)on1)N1CCC(Oc2ccc(Br)cn2)C1. The van der Waals surface area contributed by atoms with Crippen LogP contribution in [0.4, 0.5) is 0 Å². The van der Waals surface area contributed by atoms with Gasteiger partial charge >= 0.3 is 0 Å². The minimum atomic E-state index is -0.0875. The predicted octanol–water partition coefficient (Wildman–Crippen LogP) is 3.00. The number of nitrogens with zero attached hydrogens (tertiary/aromatic N) is 3. The molecule has 1 unspecified atom stereocenters. The van der Waals surface area contributed by atoms with Crippen molar-refractivity contribution in [3.8, 4) is 5.88 Å². The summed E-state index contributed by atoms with van der Waals surface area (Å²) in [4.78, 5) is 18.4. The number of hydrogen-bond acceptors (Lipinski definition) is 5. The minimum Gasteiger partial charge on any atom is -0.472 e. The van der Waals surface area contributed by atoms with Gasteiger partial charge in [-0.2, -0.15) is 0 Å². The maximum Gasteiger partial charge on any atom is 0.276 e. The molecule has 0 radical (unpaired) electrons. The lowest BCUT2D eigenvalue weighted by Gasteiger charge is -2.15. The third-order valence-electron chi connectivity index (χ3n) is 4.15. The normalized spacial score (nSPS) is 20.7. The van der Waals surface area contributed by atoms with Gasteiger partial charge in [0.25, 0.3) is 5.91 Å². The summed E-state index contributed by atoms with van der Waals surface area (Å²) in [6, 6.07) is 5.48. The van der Waals surface area contributed by atoms with Crippen molar-refractivity contribution < 1.29 is 14.1 Å².